The van der Waals surface area contributed by atoms with Crippen molar-refractivity contribution in [2.24, 2.45) is 0 Å². The Kier molecular flexibility index (Phi) is 5.15. The summed E-state index contributed by atoms with van der Waals surface area (Å²) in [6, 6.07) is 14.9. The summed E-state index contributed by atoms with van der Waals surface area (Å²) in [7, 11) is 0. The van der Waals surface area contributed by atoms with Crippen molar-refractivity contribution in [2.75, 3.05) is 0 Å². The third-order valence-corrected chi connectivity index (χ3v) is 4.07. The molecule has 0 saturated heterocycles. The molecule has 0 radical (unpaired) electrons. The zero-order valence-electron chi connectivity index (χ0n) is 11.3. The molecule has 0 fully saturated rings. The lowest BCUT2D eigenvalue weighted by Gasteiger charge is -2.13. The van der Waals surface area contributed by atoms with Crippen molar-refractivity contribution in [3.8, 4) is 6.07 Å². The smallest absolute Gasteiger partial charge is 0.262 e. The molecule has 21 heavy (non-hydrogen) atoms. The number of amides is 1. The van der Waals surface area contributed by atoms with Crippen LogP contribution in [0.15, 0.2) is 48.0 Å². The van der Waals surface area contributed by atoms with E-state index in [1.165, 1.54) is 11.3 Å². The molecule has 3 nitrogen and oxygen atoms in total. The minimum atomic E-state index is -0.390. The molecule has 1 heterocycles. The lowest BCUT2D eigenvalue weighted by Crippen LogP contribution is -2.27. The molecule has 0 aliphatic carbocycles. The van der Waals surface area contributed by atoms with Crippen LogP contribution in [-0.2, 0) is 4.79 Å². The Morgan fingerprint density at radius 1 is 1.33 bits per heavy atom. The number of nitrogens with one attached hydrogen (secondary N) is 1. The monoisotopic (exact) mass is 316 g/mol. The summed E-state index contributed by atoms with van der Waals surface area (Å²) in [6.07, 6.45) is 1.55. The number of nitrogens with zero attached hydrogens (tertiary/aromatic N) is 1. The molecule has 0 saturated carbocycles. The van der Waals surface area contributed by atoms with Gasteiger partial charge in [-0.15, -0.1) is 11.3 Å². The lowest BCUT2D eigenvalue weighted by atomic mass is 10.1. The van der Waals surface area contributed by atoms with Crippen LogP contribution in [-0.4, -0.2) is 5.91 Å². The lowest BCUT2D eigenvalue weighted by molar-refractivity contribution is -0.117. The fraction of sp³-hybridized carbons (Fsp3) is 0.125. The van der Waals surface area contributed by atoms with Crippen molar-refractivity contribution in [2.45, 2.75) is 13.0 Å². The van der Waals surface area contributed by atoms with Gasteiger partial charge in [-0.05, 0) is 30.7 Å². The maximum Gasteiger partial charge on any atom is 0.262 e. The molecule has 1 amide bonds. The SMILES string of the molecule is C[C@@H](NC(=O)/C(C#N)=C\c1ccc(Cl)s1)c1ccccc1. The topological polar surface area (TPSA) is 52.9 Å². The number of thiophene rings is 1. The van der Waals surface area contributed by atoms with Crippen LogP contribution in [0.1, 0.15) is 23.4 Å². The molecule has 0 aliphatic rings. The van der Waals surface area contributed by atoms with Crippen LogP contribution in [0.25, 0.3) is 6.08 Å². The van der Waals surface area contributed by atoms with Gasteiger partial charge < -0.3 is 5.32 Å². The highest BCUT2D eigenvalue weighted by atomic mass is 35.5. The zero-order valence-corrected chi connectivity index (χ0v) is 12.9. The van der Waals surface area contributed by atoms with E-state index in [-0.39, 0.29) is 11.6 Å². The van der Waals surface area contributed by atoms with E-state index in [4.69, 9.17) is 16.9 Å². The van der Waals surface area contributed by atoms with Crippen molar-refractivity contribution in [3.05, 3.63) is 62.8 Å². The average molecular weight is 317 g/mol. The van der Waals surface area contributed by atoms with Crippen LogP contribution >= 0.6 is 22.9 Å². The predicted molar refractivity (Wildman–Crippen MR) is 85.9 cm³/mol. The standard InChI is InChI=1S/C16H13ClN2OS/c1-11(12-5-3-2-4-6-12)19-16(20)13(10-18)9-14-7-8-15(17)21-14/h2-9,11H,1H3,(H,19,20)/b13-9-/t11-/m1/s1. The van der Waals surface area contributed by atoms with Gasteiger partial charge in [0.15, 0.2) is 0 Å². The number of rotatable bonds is 4. The predicted octanol–water partition coefficient (Wildman–Crippen LogP) is 4.19. The number of carbonyl (C=O) groups is 1. The van der Waals surface area contributed by atoms with Crippen LogP contribution in [0.3, 0.4) is 0 Å². The summed E-state index contributed by atoms with van der Waals surface area (Å²) in [5, 5.41) is 12.0. The Bertz CT molecular complexity index is 701. The van der Waals surface area contributed by atoms with Crippen LogP contribution < -0.4 is 5.32 Å². The molecule has 0 bridgehead atoms. The molecule has 0 aliphatic heterocycles. The molecule has 0 spiro atoms. The number of halogens is 1. The first-order valence-corrected chi connectivity index (χ1v) is 7.52. The van der Waals surface area contributed by atoms with E-state index >= 15 is 0 Å². The Hall–Kier alpha value is -2.09. The number of hydrogen-bond acceptors (Lipinski definition) is 3. The average Bonchev–Trinajstić information content (AvgIpc) is 2.90. The van der Waals surface area contributed by atoms with E-state index in [1.807, 2.05) is 43.3 Å². The molecular weight excluding hydrogens is 304 g/mol. The first-order chi connectivity index (χ1) is 10.1. The van der Waals surface area contributed by atoms with Gasteiger partial charge in [-0.25, -0.2) is 0 Å². The Morgan fingerprint density at radius 2 is 2.05 bits per heavy atom. The molecule has 1 atom stereocenters. The summed E-state index contributed by atoms with van der Waals surface area (Å²) in [5.41, 5.74) is 1.05. The number of nitriles is 1. The molecule has 1 N–H and O–H groups in total. The van der Waals surface area contributed by atoms with E-state index < -0.39 is 5.91 Å². The van der Waals surface area contributed by atoms with Gasteiger partial charge in [0.25, 0.3) is 5.91 Å². The minimum Gasteiger partial charge on any atom is -0.345 e. The van der Waals surface area contributed by atoms with E-state index in [0.29, 0.717) is 4.34 Å². The van der Waals surface area contributed by atoms with Crippen molar-refractivity contribution >= 4 is 34.9 Å². The Balaban J connectivity index is 2.11. The molecule has 2 rings (SSSR count). The second-order valence-electron chi connectivity index (χ2n) is 4.42. The molecule has 1 aromatic heterocycles. The van der Waals surface area contributed by atoms with Crippen molar-refractivity contribution in [1.29, 1.82) is 5.26 Å². The number of hydrogen-bond donors (Lipinski definition) is 1. The summed E-state index contributed by atoms with van der Waals surface area (Å²) in [4.78, 5) is 12.9. The fourth-order valence-corrected chi connectivity index (χ4v) is 2.80. The quantitative estimate of drug-likeness (QED) is 0.679. The summed E-state index contributed by atoms with van der Waals surface area (Å²) in [6.45, 7) is 1.88. The molecule has 0 unspecified atom stereocenters. The molecule has 1 aromatic carbocycles. The highest BCUT2D eigenvalue weighted by Crippen LogP contribution is 2.23. The molecule has 5 heteroatoms. The normalized spacial score (nSPS) is 12.5. The maximum absolute atomic E-state index is 12.1. The molecular formula is C16H13ClN2OS. The molecule has 106 valence electrons. The number of benzene rings is 1. The fourth-order valence-electron chi connectivity index (χ4n) is 1.80. The summed E-state index contributed by atoms with van der Waals surface area (Å²) >= 11 is 7.16. The van der Waals surface area contributed by atoms with Gasteiger partial charge in [0.05, 0.1) is 10.4 Å². The largest absolute Gasteiger partial charge is 0.345 e. The summed E-state index contributed by atoms with van der Waals surface area (Å²) in [5.74, 6) is -0.390. The van der Waals surface area contributed by atoms with Crippen molar-refractivity contribution in [3.63, 3.8) is 0 Å². The van der Waals surface area contributed by atoms with Crippen LogP contribution in [0.4, 0.5) is 0 Å². The van der Waals surface area contributed by atoms with E-state index in [0.717, 1.165) is 10.4 Å². The van der Waals surface area contributed by atoms with E-state index in [1.54, 1.807) is 18.2 Å². The van der Waals surface area contributed by atoms with Crippen molar-refractivity contribution in [1.82, 2.24) is 5.32 Å². The first kappa shape index (κ1) is 15.3. The van der Waals surface area contributed by atoms with Gasteiger partial charge in [-0.2, -0.15) is 5.26 Å². The second-order valence-corrected chi connectivity index (χ2v) is 6.16. The number of carbonyl (C=O) groups excluding carboxylic acids is 1. The van der Waals surface area contributed by atoms with Crippen LogP contribution in [0, 0.1) is 11.3 Å². The molecule has 2 aromatic rings. The summed E-state index contributed by atoms with van der Waals surface area (Å²) < 4.78 is 0.622. The third-order valence-electron chi connectivity index (χ3n) is 2.89. The van der Waals surface area contributed by atoms with Crippen molar-refractivity contribution < 1.29 is 4.79 Å². The third kappa shape index (κ3) is 4.19. The zero-order chi connectivity index (χ0) is 15.2. The Labute approximate surface area is 132 Å². The van der Waals surface area contributed by atoms with E-state index in [9.17, 15) is 4.79 Å². The van der Waals surface area contributed by atoms with Gasteiger partial charge in [0.1, 0.15) is 11.6 Å². The van der Waals surface area contributed by atoms with Gasteiger partial charge >= 0.3 is 0 Å². The highest BCUT2D eigenvalue weighted by Gasteiger charge is 2.13. The van der Waals surface area contributed by atoms with Gasteiger partial charge in [-0.1, -0.05) is 41.9 Å². The van der Waals surface area contributed by atoms with Gasteiger partial charge in [0, 0.05) is 4.88 Å². The first-order valence-electron chi connectivity index (χ1n) is 6.33. The van der Waals surface area contributed by atoms with Gasteiger partial charge in [-0.3, -0.25) is 4.79 Å². The van der Waals surface area contributed by atoms with Gasteiger partial charge in [0.2, 0.25) is 0 Å². The van der Waals surface area contributed by atoms with E-state index in [2.05, 4.69) is 5.32 Å². The minimum absolute atomic E-state index is 0.0660. The Morgan fingerprint density at radius 3 is 2.62 bits per heavy atom. The highest BCUT2D eigenvalue weighted by molar-refractivity contribution is 7.17. The maximum atomic E-state index is 12.1. The van der Waals surface area contributed by atoms with Crippen LogP contribution in [0.5, 0.6) is 0 Å². The second kappa shape index (κ2) is 7.07. The van der Waals surface area contributed by atoms with Crippen LogP contribution in [0.2, 0.25) is 4.34 Å².